The Morgan fingerprint density at radius 1 is 1.22 bits per heavy atom. The highest BCUT2D eigenvalue weighted by Gasteiger charge is 2.31. The predicted molar refractivity (Wildman–Crippen MR) is 86.3 cm³/mol. The van der Waals surface area contributed by atoms with Gasteiger partial charge in [-0.25, -0.2) is 4.79 Å². The van der Waals surface area contributed by atoms with E-state index in [9.17, 15) is 14.4 Å². The van der Waals surface area contributed by atoms with E-state index in [-0.39, 0.29) is 23.3 Å². The number of carbonyl (C=O) groups excluding carboxylic acids is 2. The summed E-state index contributed by atoms with van der Waals surface area (Å²) < 4.78 is 0. The lowest BCUT2D eigenvalue weighted by molar-refractivity contribution is -0.126. The quantitative estimate of drug-likeness (QED) is 0.776. The van der Waals surface area contributed by atoms with Gasteiger partial charge in [-0.2, -0.15) is 0 Å². The highest BCUT2D eigenvalue weighted by atomic mass is 16.4. The summed E-state index contributed by atoms with van der Waals surface area (Å²) in [7, 11) is 0. The molecule has 3 N–H and O–H groups in total. The van der Waals surface area contributed by atoms with Crippen LogP contribution in [0, 0.1) is 12.8 Å². The minimum atomic E-state index is -0.998. The van der Waals surface area contributed by atoms with Crippen molar-refractivity contribution in [1.29, 1.82) is 0 Å². The van der Waals surface area contributed by atoms with Crippen LogP contribution in [0.2, 0.25) is 0 Å². The number of amides is 2. The SMILES string of the molecule is CC(=O)NC(C(=O)Nc1ccc(C(=O)O)c(C)c1)C1CCCC1. The van der Waals surface area contributed by atoms with Crippen LogP contribution in [0.5, 0.6) is 0 Å². The van der Waals surface area contributed by atoms with Crippen molar-refractivity contribution in [3.8, 4) is 0 Å². The maximum Gasteiger partial charge on any atom is 0.335 e. The molecule has 1 unspecified atom stereocenters. The monoisotopic (exact) mass is 318 g/mol. The average Bonchev–Trinajstić information content (AvgIpc) is 2.98. The van der Waals surface area contributed by atoms with E-state index in [1.54, 1.807) is 19.1 Å². The van der Waals surface area contributed by atoms with Gasteiger partial charge in [0.15, 0.2) is 0 Å². The molecule has 23 heavy (non-hydrogen) atoms. The van der Waals surface area contributed by atoms with Crippen molar-refractivity contribution in [3.05, 3.63) is 29.3 Å². The van der Waals surface area contributed by atoms with Crippen molar-refractivity contribution < 1.29 is 19.5 Å². The number of hydrogen-bond acceptors (Lipinski definition) is 3. The fraction of sp³-hybridized carbons (Fsp3) is 0.471. The van der Waals surface area contributed by atoms with Gasteiger partial charge in [0.05, 0.1) is 5.56 Å². The van der Waals surface area contributed by atoms with Gasteiger partial charge in [-0.05, 0) is 49.4 Å². The third kappa shape index (κ3) is 4.31. The first kappa shape index (κ1) is 17.0. The maximum absolute atomic E-state index is 12.5. The van der Waals surface area contributed by atoms with Crippen LogP contribution in [0.1, 0.15) is 48.5 Å². The lowest BCUT2D eigenvalue weighted by Gasteiger charge is -2.23. The molecule has 1 fully saturated rings. The van der Waals surface area contributed by atoms with E-state index in [1.807, 2.05) is 0 Å². The molecule has 1 aliphatic rings. The summed E-state index contributed by atoms with van der Waals surface area (Å²) in [6.45, 7) is 3.09. The van der Waals surface area contributed by atoms with Gasteiger partial charge in [0.1, 0.15) is 6.04 Å². The van der Waals surface area contributed by atoms with Gasteiger partial charge in [0, 0.05) is 12.6 Å². The molecule has 124 valence electrons. The minimum Gasteiger partial charge on any atom is -0.478 e. The van der Waals surface area contributed by atoms with E-state index < -0.39 is 12.0 Å². The van der Waals surface area contributed by atoms with Crippen LogP contribution in [-0.2, 0) is 9.59 Å². The molecule has 1 aliphatic carbocycles. The summed E-state index contributed by atoms with van der Waals surface area (Å²) in [5, 5.41) is 14.6. The number of carboxylic acid groups (broad SMARTS) is 1. The predicted octanol–water partition coefficient (Wildman–Crippen LogP) is 2.33. The highest BCUT2D eigenvalue weighted by molar-refractivity contribution is 5.98. The largest absolute Gasteiger partial charge is 0.478 e. The summed E-state index contributed by atoms with van der Waals surface area (Å²) in [6, 6.07) is 4.11. The molecular weight excluding hydrogens is 296 g/mol. The number of hydrogen-bond donors (Lipinski definition) is 3. The number of carbonyl (C=O) groups is 3. The molecule has 0 aromatic heterocycles. The third-order valence-corrected chi connectivity index (χ3v) is 4.24. The Labute approximate surface area is 135 Å². The van der Waals surface area contributed by atoms with E-state index in [0.29, 0.717) is 11.3 Å². The first-order chi connectivity index (χ1) is 10.9. The van der Waals surface area contributed by atoms with Crippen LogP contribution < -0.4 is 10.6 Å². The van der Waals surface area contributed by atoms with Crippen molar-refractivity contribution in [2.45, 2.75) is 45.6 Å². The van der Waals surface area contributed by atoms with E-state index >= 15 is 0 Å². The number of carboxylic acids is 1. The second-order valence-electron chi connectivity index (χ2n) is 6.05. The molecule has 1 atom stereocenters. The van der Waals surface area contributed by atoms with Gasteiger partial charge >= 0.3 is 5.97 Å². The summed E-state index contributed by atoms with van der Waals surface area (Å²) >= 11 is 0. The molecule has 2 amide bonds. The molecule has 0 heterocycles. The molecule has 0 saturated heterocycles. The number of anilines is 1. The topological polar surface area (TPSA) is 95.5 Å². The van der Waals surface area contributed by atoms with Gasteiger partial charge in [0.2, 0.25) is 11.8 Å². The second kappa shape index (κ2) is 7.26. The standard InChI is InChI=1S/C17H22N2O4/c1-10-9-13(7-8-14(10)17(22)23)19-16(21)15(18-11(2)20)12-5-3-4-6-12/h7-9,12,15H,3-6H2,1-2H3,(H,18,20)(H,19,21)(H,22,23). The smallest absolute Gasteiger partial charge is 0.335 e. The first-order valence-corrected chi connectivity index (χ1v) is 7.80. The molecule has 6 heteroatoms. The summed E-state index contributed by atoms with van der Waals surface area (Å²) in [5.41, 5.74) is 1.32. The normalized spacial score (nSPS) is 15.9. The Balaban J connectivity index is 2.12. The Kier molecular flexibility index (Phi) is 5.36. The molecule has 2 rings (SSSR count). The number of aryl methyl sites for hydroxylation is 1. The average molecular weight is 318 g/mol. The second-order valence-corrected chi connectivity index (χ2v) is 6.05. The number of benzene rings is 1. The minimum absolute atomic E-state index is 0.151. The summed E-state index contributed by atoms with van der Waals surface area (Å²) in [5.74, 6) is -1.33. The maximum atomic E-state index is 12.5. The van der Waals surface area contributed by atoms with Crippen LogP contribution in [0.25, 0.3) is 0 Å². The third-order valence-electron chi connectivity index (χ3n) is 4.24. The Bertz CT molecular complexity index is 621. The Hall–Kier alpha value is -2.37. The van der Waals surface area contributed by atoms with E-state index in [1.165, 1.54) is 13.0 Å². The van der Waals surface area contributed by atoms with Crippen LogP contribution in [0.4, 0.5) is 5.69 Å². The zero-order valence-electron chi connectivity index (χ0n) is 13.4. The molecule has 6 nitrogen and oxygen atoms in total. The fourth-order valence-electron chi connectivity index (χ4n) is 3.11. The molecule has 1 aromatic carbocycles. The van der Waals surface area contributed by atoms with Crippen molar-refractivity contribution in [2.75, 3.05) is 5.32 Å². The molecular formula is C17H22N2O4. The Morgan fingerprint density at radius 2 is 1.87 bits per heavy atom. The van der Waals surface area contributed by atoms with Crippen molar-refractivity contribution >= 4 is 23.5 Å². The molecule has 1 aromatic rings. The number of aromatic carboxylic acids is 1. The van der Waals surface area contributed by atoms with Gasteiger partial charge in [-0.15, -0.1) is 0 Å². The fourth-order valence-corrected chi connectivity index (χ4v) is 3.11. The molecule has 0 radical (unpaired) electrons. The molecule has 1 saturated carbocycles. The summed E-state index contributed by atoms with van der Waals surface area (Å²) in [4.78, 5) is 34.9. The summed E-state index contributed by atoms with van der Waals surface area (Å²) in [6.07, 6.45) is 3.99. The van der Waals surface area contributed by atoms with Gasteiger partial charge in [-0.3, -0.25) is 9.59 Å². The van der Waals surface area contributed by atoms with Gasteiger partial charge in [-0.1, -0.05) is 12.8 Å². The van der Waals surface area contributed by atoms with E-state index in [0.717, 1.165) is 25.7 Å². The van der Waals surface area contributed by atoms with Gasteiger partial charge < -0.3 is 15.7 Å². The van der Waals surface area contributed by atoms with Crippen LogP contribution >= 0.6 is 0 Å². The lowest BCUT2D eigenvalue weighted by Crippen LogP contribution is -2.47. The van der Waals surface area contributed by atoms with Crippen LogP contribution in [0.3, 0.4) is 0 Å². The van der Waals surface area contributed by atoms with Crippen molar-refractivity contribution in [2.24, 2.45) is 5.92 Å². The molecule has 0 bridgehead atoms. The number of rotatable bonds is 5. The lowest BCUT2D eigenvalue weighted by atomic mass is 9.97. The van der Waals surface area contributed by atoms with Gasteiger partial charge in [0.25, 0.3) is 0 Å². The van der Waals surface area contributed by atoms with E-state index in [2.05, 4.69) is 10.6 Å². The van der Waals surface area contributed by atoms with Crippen molar-refractivity contribution in [1.82, 2.24) is 5.32 Å². The van der Waals surface area contributed by atoms with Crippen LogP contribution in [0.15, 0.2) is 18.2 Å². The Morgan fingerprint density at radius 3 is 2.39 bits per heavy atom. The molecule has 0 spiro atoms. The zero-order chi connectivity index (χ0) is 17.0. The van der Waals surface area contributed by atoms with Crippen molar-refractivity contribution in [3.63, 3.8) is 0 Å². The molecule has 0 aliphatic heterocycles. The number of nitrogens with one attached hydrogen (secondary N) is 2. The van der Waals surface area contributed by atoms with E-state index in [4.69, 9.17) is 5.11 Å². The first-order valence-electron chi connectivity index (χ1n) is 7.80. The van der Waals surface area contributed by atoms with Crippen LogP contribution in [-0.4, -0.2) is 28.9 Å². The highest BCUT2D eigenvalue weighted by Crippen LogP contribution is 2.28. The zero-order valence-corrected chi connectivity index (χ0v) is 13.4.